The van der Waals surface area contributed by atoms with E-state index >= 15 is 0 Å². The largest absolute Gasteiger partial charge is 0.359 e. The van der Waals surface area contributed by atoms with Crippen LogP contribution in [0, 0.1) is 0 Å². The normalized spacial score (nSPS) is 32.3. The number of nitrogens with two attached hydrogens (primary N) is 2. The van der Waals surface area contributed by atoms with Gasteiger partial charge in [-0.05, 0) is 6.92 Å². The Balaban J connectivity index is 2.57. The van der Waals surface area contributed by atoms with Gasteiger partial charge in [-0.1, -0.05) is 0 Å². The molecule has 1 saturated heterocycles. The van der Waals surface area contributed by atoms with Crippen LogP contribution in [-0.2, 0) is 9.30 Å². The summed E-state index contributed by atoms with van der Waals surface area (Å²) in [6.45, 7) is 1.80. The van der Waals surface area contributed by atoms with E-state index < -0.39 is 7.44 Å². The summed E-state index contributed by atoms with van der Waals surface area (Å²) >= 11 is 0. The van der Waals surface area contributed by atoms with Crippen LogP contribution in [0.25, 0.3) is 0 Å². The predicted octanol–water partition coefficient (Wildman–Crippen LogP) is -1.15. The zero-order chi connectivity index (χ0) is 7.78. The highest BCUT2D eigenvalue weighted by Gasteiger charge is 2.49. The summed E-state index contributed by atoms with van der Waals surface area (Å²) in [4.78, 5) is 0. The molecule has 7 heteroatoms. The molecule has 0 aromatic heterocycles. The minimum Gasteiger partial charge on any atom is -0.359 e. The highest BCUT2D eigenvalue weighted by Crippen LogP contribution is 2.51. The molecule has 0 aromatic rings. The molecule has 0 aliphatic carbocycles. The molecular formula is C3H11N4O2P. The first-order chi connectivity index (χ1) is 4.64. The fraction of sp³-hybridized carbons (Fsp3) is 1.00. The van der Waals surface area contributed by atoms with Crippen LogP contribution in [-0.4, -0.2) is 11.9 Å². The molecule has 0 unspecified atom stereocenters. The molecule has 0 aromatic carbocycles. The molecule has 1 heterocycles. The van der Waals surface area contributed by atoms with E-state index in [0.29, 0.717) is 0 Å². The van der Waals surface area contributed by atoms with Gasteiger partial charge in [0, 0.05) is 0 Å². The Morgan fingerprint density at radius 2 is 1.90 bits per heavy atom. The molecule has 1 rings (SSSR count). The van der Waals surface area contributed by atoms with Crippen LogP contribution >= 0.6 is 7.44 Å². The molecule has 0 bridgehead atoms. The van der Waals surface area contributed by atoms with Crippen molar-refractivity contribution in [3.63, 3.8) is 0 Å². The van der Waals surface area contributed by atoms with Crippen LogP contribution in [0.5, 0.6) is 0 Å². The highest BCUT2D eigenvalue weighted by molar-refractivity contribution is 7.60. The fourth-order valence-electron chi connectivity index (χ4n) is 0.740. The molecule has 2 atom stereocenters. The van der Waals surface area contributed by atoms with Gasteiger partial charge in [0.1, 0.15) is 0 Å². The summed E-state index contributed by atoms with van der Waals surface area (Å²) in [5.41, 5.74) is 0. The van der Waals surface area contributed by atoms with E-state index in [0.717, 1.165) is 0 Å². The van der Waals surface area contributed by atoms with Crippen molar-refractivity contribution in [1.82, 2.24) is 10.4 Å². The summed E-state index contributed by atoms with van der Waals surface area (Å²) < 4.78 is 16.2. The minimum absolute atomic E-state index is 0.0297. The number of epoxide rings is 1. The van der Waals surface area contributed by atoms with Crippen LogP contribution in [0.1, 0.15) is 6.92 Å². The van der Waals surface area contributed by atoms with Gasteiger partial charge in [-0.25, -0.2) is 0 Å². The van der Waals surface area contributed by atoms with Crippen molar-refractivity contribution in [3.8, 4) is 0 Å². The molecule has 1 aliphatic heterocycles. The van der Waals surface area contributed by atoms with Crippen LogP contribution in [0.4, 0.5) is 0 Å². The number of rotatable bonds is 3. The Labute approximate surface area is 58.7 Å². The third-order valence-corrected chi connectivity index (χ3v) is 3.45. The Bertz CT molecular complexity index is 166. The Morgan fingerprint density at radius 1 is 1.50 bits per heavy atom. The predicted molar refractivity (Wildman–Crippen MR) is 36.6 cm³/mol. The smallest absolute Gasteiger partial charge is 0.267 e. The second kappa shape index (κ2) is 2.58. The molecule has 0 spiro atoms. The number of hydrogen-bond acceptors (Lipinski definition) is 4. The van der Waals surface area contributed by atoms with Gasteiger partial charge in [-0.3, -0.25) is 16.3 Å². The van der Waals surface area contributed by atoms with Crippen molar-refractivity contribution in [3.05, 3.63) is 0 Å². The van der Waals surface area contributed by atoms with Crippen LogP contribution in [0.2, 0.25) is 0 Å². The van der Waals surface area contributed by atoms with E-state index in [1.54, 1.807) is 6.92 Å². The van der Waals surface area contributed by atoms with Crippen molar-refractivity contribution < 1.29 is 9.30 Å². The monoisotopic (exact) mass is 166 g/mol. The van der Waals surface area contributed by atoms with Gasteiger partial charge in [-0.2, -0.15) is 10.4 Å². The highest BCUT2D eigenvalue weighted by atomic mass is 31.2. The van der Waals surface area contributed by atoms with Gasteiger partial charge >= 0.3 is 0 Å². The number of hydrogen-bond donors (Lipinski definition) is 4. The topological polar surface area (TPSA) is 106 Å². The van der Waals surface area contributed by atoms with Gasteiger partial charge in [0.05, 0.1) is 6.10 Å². The van der Waals surface area contributed by atoms with Gasteiger partial charge in [0.15, 0.2) is 5.85 Å². The molecule has 6 N–H and O–H groups in total. The maximum absolute atomic E-state index is 11.3. The second-order valence-electron chi connectivity index (χ2n) is 2.15. The average molecular weight is 166 g/mol. The third-order valence-electron chi connectivity index (χ3n) is 1.42. The van der Waals surface area contributed by atoms with Crippen molar-refractivity contribution in [2.24, 2.45) is 11.7 Å². The van der Waals surface area contributed by atoms with Gasteiger partial charge in [0.2, 0.25) is 0 Å². The summed E-state index contributed by atoms with van der Waals surface area (Å²) in [6.07, 6.45) is -0.0297. The summed E-state index contributed by atoms with van der Waals surface area (Å²) in [7, 11) is -2.86. The van der Waals surface area contributed by atoms with E-state index in [9.17, 15) is 4.57 Å². The molecular weight excluding hydrogens is 155 g/mol. The second-order valence-corrected chi connectivity index (χ2v) is 4.49. The quantitative estimate of drug-likeness (QED) is 0.182. The molecule has 60 valence electrons. The van der Waals surface area contributed by atoms with E-state index in [-0.39, 0.29) is 11.9 Å². The zero-order valence-corrected chi connectivity index (χ0v) is 6.47. The third kappa shape index (κ3) is 1.22. The first kappa shape index (κ1) is 8.13. The maximum atomic E-state index is 11.3. The number of ether oxygens (including phenoxy) is 1. The van der Waals surface area contributed by atoms with Crippen molar-refractivity contribution in [2.75, 3.05) is 0 Å². The average Bonchev–Trinajstić information content (AvgIpc) is 2.66. The lowest BCUT2D eigenvalue weighted by Gasteiger charge is -2.11. The summed E-state index contributed by atoms with van der Waals surface area (Å²) in [5, 5.41) is 4.23. The fourth-order valence-corrected chi connectivity index (χ4v) is 2.06. The Morgan fingerprint density at radius 3 is 2.00 bits per heavy atom. The SMILES string of the molecule is C[C@H]1O[C@H]1P(=O)(NN)NN. The van der Waals surface area contributed by atoms with Crippen LogP contribution < -0.4 is 22.1 Å². The lowest BCUT2D eigenvalue weighted by atomic mass is 10.6. The van der Waals surface area contributed by atoms with Crippen molar-refractivity contribution in [1.29, 1.82) is 0 Å². The summed E-state index contributed by atoms with van der Waals surface area (Å²) in [5.74, 6) is 9.60. The van der Waals surface area contributed by atoms with E-state index in [1.165, 1.54) is 0 Å². The Hall–Kier alpha value is 0.0300. The van der Waals surface area contributed by atoms with Crippen LogP contribution in [0.15, 0.2) is 0 Å². The number of hydrazine groups is 2. The van der Waals surface area contributed by atoms with Crippen molar-refractivity contribution >= 4 is 7.44 Å². The lowest BCUT2D eigenvalue weighted by molar-refractivity contribution is 0.402. The minimum atomic E-state index is -2.86. The maximum Gasteiger partial charge on any atom is 0.267 e. The van der Waals surface area contributed by atoms with E-state index in [1.807, 2.05) is 0 Å². The van der Waals surface area contributed by atoms with E-state index in [2.05, 4.69) is 10.4 Å². The van der Waals surface area contributed by atoms with Gasteiger partial charge in [0.25, 0.3) is 7.44 Å². The Kier molecular flexibility index (Phi) is 2.10. The van der Waals surface area contributed by atoms with Crippen LogP contribution in [0.3, 0.4) is 0 Å². The van der Waals surface area contributed by atoms with Gasteiger partial charge in [-0.15, -0.1) is 0 Å². The molecule has 1 aliphatic rings. The molecule has 10 heavy (non-hydrogen) atoms. The molecule has 0 radical (unpaired) electrons. The molecule has 0 saturated carbocycles. The molecule has 6 nitrogen and oxygen atoms in total. The van der Waals surface area contributed by atoms with Gasteiger partial charge < -0.3 is 4.74 Å². The van der Waals surface area contributed by atoms with E-state index in [4.69, 9.17) is 16.4 Å². The zero-order valence-electron chi connectivity index (χ0n) is 5.57. The summed E-state index contributed by atoms with van der Waals surface area (Å²) in [6, 6.07) is 0. The number of nitrogens with one attached hydrogen (secondary N) is 2. The first-order valence-electron chi connectivity index (χ1n) is 2.85. The molecule has 1 fully saturated rings. The molecule has 0 amide bonds. The van der Waals surface area contributed by atoms with Crippen molar-refractivity contribution in [2.45, 2.75) is 18.9 Å². The lowest BCUT2D eigenvalue weighted by Crippen LogP contribution is -2.34. The standard InChI is InChI=1S/C3H11N4O2P/c1-2-3(9-2)10(8,6-4)7-5/h2-3H,4-5H2,1H3,(H2,6,7,8)/t2-,3+/m1/s1. The first-order valence-corrected chi connectivity index (χ1v) is 4.62.